The molecule has 7 nitrogen and oxygen atoms in total. The molecule has 2 aromatic rings. The van der Waals surface area contributed by atoms with Crippen LogP contribution in [-0.2, 0) is 14.3 Å². The van der Waals surface area contributed by atoms with Gasteiger partial charge in [-0.1, -0.05) is 76.2 Å². The van der Waals surface area contributed by atoms with E-state index in [2.05, 4.69) is 29.6 Å². The van der Waals surface area contributed by atoms with E-state index >= 15 is 0 Å². The third kappa shape index (κ3) is 4.90. The van der Waals surface area contributed by atoms with E-state index in [-0.39, 0.29) is 30.9 Å². The molecule has 0 bridgehead atoms. The number of fused-ring (bicyclic) bond motifs is 3. The average Bonchev–Trinajstić information content (AvgIpc) is 3.11. The van der Waals surface area contributed by atoms with Crippen molar-refractivity contribution in [3.63, 3.8) is 0 Å². The van der Waals surface area contributed by atoms with Crippen LogP contribution in [0.2, 0.25) is 0 Å². The molecule has 1 heterocycles. The molecular weight excluding hydrogens is 444 g/mol. The number of nitrogens with one attached hydrogen (secondary N) is 1. The number of ether oxygens (including phenoxy) is 1. The maximum Gasteiger partial charge on any atom is 0.407 e. The Hall–Kier alpha value is -3.35. The number of hydrogen-bond acceptors (Lipinski definition) is 4. The Morgan fingerprint density at radius 3 is 2.14 bits per heavy atom. The van der Waals surface area contributed by atoms with Crippen LogP contribution in [0.5, 0.6) is 0 Å². The fraction of sp³-hybridized carbons (Fsp3) is 0.464. The first-order valence-corrected chi connectivity index (χ1v) is 12.2. The fourth-order valence-corrected chi connectivity index (χ4v) is 5.53. The van der Waals surface area contributed by atoms with Crippen LogP contribution in [0.3, 0.4) is 0 Å². The molecule has 2 aromatic carbocycles. The number of hydrogen-bond donors (Lipinski definition) is 2. The third-order valence-electron chi connectivity index (χ3n) is 7.09. The number of amides is 2. The van der Waals surface area contributed by atoms with Gasteiger partial charge in [0.2, 0.25) is 5.91 Å². The van der Waals surface area contributed by atoms with Crippen LogP contribution >= 0.6 is 0 Å². The van der Waals surface area contributed by atoms with Crippen molar-refractivity contribution >= 4 is 18.0 Å². The van der Waals surface area contributed by atoms with Gasteiger partial charge in [-0.3, -0.25) is 4.79 Å². The zero-order valence-electron chi connectivity index (χ0n) is 20.8. The average molecular weight is 479 g/mol. The molecular formula is C28H34N2O5. The van der Waals surface area contributed by atoms with Gasteiger partial charge in [-0.2, -0.15) is 0 Å². The molecule has 0 aromatic heterocycles. The van der Waals surface area contributed by atoms with Gasteiger partial charge in [0.1, 0.15) is 12.6 Å². The molecule has 7 heteroatoms. The van der Waals surface area contributed by atoms with Crippen molar-refractivity contribution in [1.29, 1.82) is 0 Å². The van der Waals surface area contributed by atoms with Gasteiger partial charge in [0.25, 0.3) is 0 Å². The first-order valence-electron chi connectivity index (χ1n) is 12.2. The van der Waals surface area contributed by atoms with Gasteiger partial charge in [0, 0.05) is 24.4 Å². The number of carbonyl (C=O) groups excluding carboxylic acids is 2. The first kappa shape index (κ1) is 24.8. The molecule has 1 aliphatic carbocycles. The van der Waals surface area contributed by atoms with Crippen molar-refractivity contribution in [3.05, 3.63) is 59.7 Å². The molecule has 1 fully saturated rings. The summed E-state index contributed by atoms with van der Waals surface area (Å²) in [5.41, 5.74) is 4.11. The summed E-state index contributed by atoms with van der Waals surface area (Å²) in [5.74, 6) is -1.56. The summed E-state index contributed by atoms with van der Waals surface area (Å²) in [7, 11) is 0. The van der Waals surface area contributed by atoms with Crippen molar-refractivity contribution in [3.8, 4) is 11.1 Å². The lowest BCUT2D eigenvalue weighted by molar-refractivity contribution is -0.174. The number of likely N-dealkylation sites (tertiary alicyclic amines) is 1. The highest BCUT2D eigenvalue weighted by molar-refractivity contribution is 5.88. The first-order chi connectivity index (χ1) is 16.6. The normalized spacial score (nSPS) is 18.9. The van der Waals surface area contributed by atoms with E-state index in [0.717, 1.165) is 22.3 Å². The SMILES string of the molecule is CC(C)CC(CNC(=O)OCC1c2ccccc2-c2ccccc21)C(=O)N1CC(C)(C)C1C(=O)O. The molecule has 2 atom stereocenters. The molecule has 186 valence electrons. The molecule has 0 radical (unpaired) electrons. The van der Waals surface area contributed by atoms with Gasteiger partial charge in [0.15, 0.2) is 0 Å². The number of benzene rings is 2. The Morgan fingerprint density at radius 2 is 1.63 bits per heavy atom. The van der Waals surface area contributed by atoms with Crippen molar-refractivity contribution in [2.24, 2.45) is 17.3 Å². The minimum absolute atomic E-state index is 0.0408. The lowest BCUT2D eigenvalue weighted by Crippen LogP contribution is -2.68. The Kier molecular flexibility index (Phi) is 6.88. The molecule has 0 saturated carbocycles. The Balaban J connectivity index is 1.38. The van der Waals surface area contributed by atoms with Crippen LogP contribution in [0.25, 0.3) is 11.1 Å². The number of alkyl carbamates (subject to hydrolysis) is 1. The highest BCUT2D eigenvalue weighted by Crippen LogP contribution is 2.44. The van der Waals surface area contributed by atoms with Crippen molar-refractivity contribution in [2.75, 3.05) is 19.7 Å². The fourth-order valence-electron chi connectivity index (χ4n) is 5.53. The quantitative estimate of drug-likeness (QED) is 0.582. The van der Waals surface area contributed by atoms with E-state index in [1.54, 1.807) is 0 Å². The van der Waals surface area contributed by atoms with E-state index in [4.69, 9.17) is 4.74 Å². The van der Waals surface area contributed by atoms with Gasteiger partial charge in [-0.15, -0.1) is 0 Å². The third-order valence-corrected chi connectivity index (χ3v) is 7.09. The van der Waals surface area contributed by atoms with Crippen molar-refractivity contribution in [1.82, 2.24) is 10.2 Å². The Morgan fingerprint density at radius 1 is 1.06 bits per heavy atom. The highest BCUT2D eigenvalue weighted by Gasteiger charge is 2.53. The highest BCUT2D eigenvalue weighted by atomic mass is 16.5. The number of aliphatic carboxylic acids is 1. The molecule has 4 rings (SSSR count). The largest absolute Gasteiger partial charge is 0.480 e. The predicted octanol–water partition coefficient (Wildman–Crippen LogP) is 4.51. The minimum Gasteiger partial charge on any atom is -0.480 e. The van der Waals surface area contributed by atoms with Crippen LogP contribution in [0.1, 0.15) is 51.2 Å². The summed E-state index contributed by atoms with van der Waals surface area (Å²) in [4.78, 5) is 39.0. The second-order valence-corrected chi connectivity index (χ2v) is 10.7. The van der Waals surface area contributed by atoms with Gasteiger partial charge < -0.3 is 20.1 Å². The second kappa shape index (κ2) is 9.72. The van der Waals surface area contributed by atoms with E-state index in [1.807, 2.05) is 52.0 Å². The number of carboxylic acids is 1. The van der Waals surface area contributed by atoms with Crippen LogP contribution in [0, 0.1) is 17.3 Å². The summed E-state index contributed by atoms with van der Waals surface area (Å²) in [6, 6.07) is 15.4. The van der Waals surface area contributed by atoms with Crippen LogP contribution in [0.4, 0.5) is 4.79 Å². The number of nitrogens with zero attached hydrogens (tertiary/aromatic N) is 1. The van der Waals surface area contributed by atoms with Crippen molar-refractivity contribution in [2.45, 2.75) is 46.1 Å². The molecule has 35 heavy (non-hydrogen) atoms. The molecule has 0 spiro atoms. The Bertz CT molecular complexity index is 1080. The zero-order chi connectivity index (χ0) is 25.3. The summed E-state index contributed by atoms with van der Waals surface area (Å²) in [6.45, 7) is 8.40. The van der Waals surface area contributed by atoms with Gasteiger partial charge in [0.05, 0.1) is 5.92 Å². The molecule has 2 aliphatic rings. The summed E-state index contributed by atoms with van der Waals surface area (Å²) in [6.07, 6.45) is -0.0293. The van der Waals surface area contributed by atoms with E-state index in [0.29, 0.717) is 13.0 Å². The topological polar surface area (TPSA) is 95.9 Å². The zero-order valence-corrected chi connectivity index (χ0v) is 20.8. The van der Waals surface area contributed by atoms with Crippen molar-refractivity contribution < 1.29 is 24.2 Å². The molecule has 2 N–H and O–H groups in total. The van der Waals surface area contributed by atoms with E-state index in [1.165, 1.54) is 4.90 Å². The summed E-state index contributed by atoms with van der Waals surface area (Å²) < 4.78 is 5.60. The molecule has 2 amide bonds. The summed E-state index contributed by atoms with van der Waals surface area (Å²) >= 11 is 0. The smallest absolute Gasteiger partial charge is 0.407 e. The monoisotopic (exact) mass is 478 g/mol. The second-order valence-electron chi connectivity index (χ2n) is 10.7. The van der Waals surface area contributed by atoms with Crippen LogP contribution in [0.15, 0.2) is 48.5 Å². The molecule has 1 aliphatic heterocycles. The number of carbonyl (C=O) groups is 3. The lowest BCUT2D eigenvalue weighted by Gasteiger charge is -2.52. The minimum atomic E-state index is -0.998. The van der Waals surface area contributed by atoms with Crippen LogP contribution < -0.4 is 5.32 Å². The Labute approximate surface area is 206 Å². The number of rotatable bonds is 8. The molecule has 1 saturated heterocycles. The lowest BCUT2D eigenvalue weighted by atomic mass is 9.74. The molecule has 2 unspecified atom stereocenters. The predicted molar refractivity (Wildman–Crippen MR) is 133 cm³/mol. The maximum absolute atomic E-state index is 13.2. The summed E-state index contributed by atoms with van der Waals surface area (Å²) in [5, 5.41) is 12.4. The van der Waals surface area contributed by atoms with E-state index in [9.17, 15) is 19.5 Å². The maximum atomic E-state index is 13.2. The van der Waals surface area contributed by atoms with Crippen LogP contribution in [-0.4, -0.2) is 53.7 Å². The van der Waals surface area contributed by atoms with Gasteiger partial charge in [-0.05, 0) is 34.6 Å². The van der Waals surface area contributed by atoms with Gasteiger partial charge in [-0.25, -0.2) is 9.59 Å². The number of carboxylic acid groups (broad SMARTS) is 1. The standard InChI is InChI=1S/C28H34N2O5/c1-17(2)13-18(25(31)30-16-28(3,4)24(30)26(32)33)14-29-27(34)35-15-23-21-11-7-5-9-19(21)20-10-6-8-12-22(20)23/h5-12,17-18,23-24H,13-16H2,1-4H3,(H,29,34)(H,32,33). The van der Waals surface area contributed by atoms with Gasteiger partial charge >= 0.3 is 12.1 Å². The van der Waals surface area contributed by atoms with E-state index < -0.39 is 29.4 Å².